The number of nitrogens with one attached hydrogen (secondary N) is 1. The van der Waals surface area contributed by atoms with Crippen molar-refractivity contribution >= 4 is 16.9 Å². The van der Waals surface area contributed by atoms with E-state index < -0.39 is 0 Å². The third-order valence-electron chi connectivity index (χ3n) is 4.80. The predicted molar refractivity (Wildman–Crippen MR) is 96.2 cm³/mol. The Kier molecular flexibility index (Phi) is 5.58. The molecule has 2 N–H and O–H groups in total. The van der Waals surface area contributed by atoms with E-state index in [1.54, 1.807) is 6.33 Å². The lowest BCUT2D eigenvalue weighted by atomic mass is 10.0. The van der Waals surface area contributed by atoms with Gasteiger partial charge in [0.1, 0.15) is 12.1 Å². The average molecular weight is 329 g/mol. The number of aliphatic hydroxyl groups excluding tert-OH is 1. The van der Waals surface area contributed by atoms with E-state index in [0.29, 0.717) is 6.04 Å². The molecule has 130 valence electrons. The van der Waals surface area contributed by atoms with Crippen LogP contribution in [0.5, 0.6) is 0 Å². The van der Waals surface area contributed by atoms with E-state index in [9.17, 15) is 5.11 Å². The number of hydrogen-bond acceptors (Lipinski definition) is 6. The van der Waals surface area contributed by atoms with Crippen LogP contribution < -0.4 is 5.32 Å². The molecule has 3 heterocycles. The van der Waals surface area contributed by atoms with Crippen molar-refractivity contribution in [2.75, 3.05) is 31.6 Å². The molecule has 0 saturated carbocycles. The van der Waals surface area contributed by atoms with E-state index in [4.69, 9.17) is 0 Å². The first-order valence-corrected chi connectivity index (χ1v) is 8.87. The molecule has 24 heavy (non-hydrogen) atoms. The fraction of sp³-hybridized carbons (Fsp3) is 0.611. The minimum absolute atomic E-state index is 0.272. The average Bonchev–Trinajstić information content (AvgIpc) is 2.58. The maximum atomic E-state index is 9.49. The Morgan fingerprint density at radius 3 is 3.00 bits per heavy atom. The van der Waals surface area contributed by atoms with E-state index in [1.807, 2.05) is 6.92 Å². The minimum atomic E-state index is 0.272. The molecule has 0 aromatic carbocycles. The molecule has 1 aliphatic rings. The van der Waals surface area contributed by atoms with Crippen LogP contribution in [-0.2, 0) is 0 Å². The summed E-state index contributed by atoms with van der Waals surface area (Å²) in [6.45, 7) is 7.30. The van der Waals surface area contributed by atoms with Crippen molar-refractivity contribution < 1.29 is 5.11 Å². The third-order valence-corrected chi connectivity index (χ3v) is 4.80. The smallest absolute Gasteiger partial charge is 0.165 e. The van der Waals surface area contributed by atoms with Crippen LogP contribution in [0.1, 0.15) is 36.9 Å². The van der Waals surface area contributed by atoms with Crippen molar-refractivity contribution in [2.24, 2.45) is 0 Å². The van der Waals surface area contributed by atoms with Crippen LogP contribution in [0.4, 0.5) is 5.82 Å². The second-order valence-electron chi connectivity index (χ2n) is 6.65. The van der Waals surface area contributed by atoms with E-state index in [1.165, 1.54) is 12.8 Å². The molecular formula is C18H27N5O. The summed E-state index contributed by atoms with van der Waals surface area (Å²) in [5.41, 5.74) is 2.88. The number of aliphatic hydroxyl groups is 1. The minimum Gasteiger partial charge on any atom is -0.395 e. The molecule has 0 amide bonds. The Bertz CT molecular complexity index is 690. The lowest BCUT2D eigenvalue weighted by Crippen LogP contribution is -2.42. The van der Waals surface area contributed by atoms with Gasteiger partial charge in [0.15, 0.2) is 5.65 Å². The van der Waals surface area contributed by atoms with E-state index in [2.05, 4.69) is 38.2 Å². The summed E-state index contributed by atoms with van der Waals surface area (Å²) in [6.07, 6.45) is 6.19. The normalized spacial score (nSPS) is 18.9. The van der Waals surface area contributed by atoms with Crippen LogP contribution in [0, 0.1) is 13.8 Å². The molecule has 3 rings (SSSR count). The van der Waals surface area contributed by atoms with Gasteiger partial charge >= 0.3 is 0 Å². The highest BCUT2D eigenvalue weighted by atomic mass is 16.3. The molecule has 2 aromatic heterocycles. The Morgan fingerprint density at radius 2 is 2.17 bits per heavy atom. The highest BCUT2D eigenvalue weighted by Gasteiger charge is 2.20. The van der Waals surface area contributed by atoms with Crippen molar-refractivity contribution in [1.29, 1.82) is 0 Å². The van der Waals surface area contributed by atoms with Crippen LogP contribution in [-0.4, -0.2) is 57.2 Å². The second-order valence-corrected chi connectivity index (χ2v) is 6.65. The molecule has 0 spiro atoms. The standard InChI is InChI=1S/C18H27N5O/c1-13-10-14(2)22-18-16(13)17(20-12-21-18)19-7-5-9-23-8-4-3-6-15(23)11-24/h10,12,15,24H,3-9,11H2,1-2H3,(H,19,20,21,22)/t15-/m0/s1. The molecule has 1 atom stereocenters. The van der Waals surface area contributed by atoms with Gasteiger partial charge in [-0.25, -0.2) is 15.0 Å². The summed E-state index contributed by atoms with van der Waals surface area (Å²) in [4.78, 5) is 15.6. The number of likely N-dealkylation sites (tertiary alicyclic amines) is 1. The van der Waals surface area contributed by atoms with Gasteiger partial charge < -0.3 is 10.4 Å². The maximum Gasteiger partial charge on any atom is 0.165 e. The van der Waals surface area contributed by atoms with Crippen LogP contribution in [0.25, 0.3) is 11.0 Å². The van der Waals surface area contributed by atoms with Crippen molar-refractivity contribution in [3.8, 4) is 0 Å². The molecule has 2 aromatic rings. The SMILES string of the molecule is Cc1cc(C)c2c(NCCCN3CCCC[C@H]3CO)ncnc2n1. The molecule has 1 fully saturated rings. The Balaban J connectivity index is 1.60. The van der Waals surface area contributed by atoms with Gasteiger partial charge in [-0.2, -0.15) is 0 Å². The first-order chi connectivity index (χ1) is 11.7. The first-order valence-electron chi connectivity index (χ1n) is 8.87. The van der Waals surface area contributed by atoms with Gasteiger partial charge in [0.2, 0.25) is 0 Å². The van der Waals surface area contributed by atoms with E-state index in [-0.39, 0.29) is 6.61 Å². The summed E-state index contributed by atoms with van der Waals surface area (Å²) >= 11 is 0. The fourth-order valence-electron chi connectivity index (χ4n) is 3.59. The van der Waals surface area contributed by atoms with Crippen molar-refractivity contribution in [3.63, 3.8) is 0 Å². The quantitative estimate of drug-likeness (QED) is 0.792. The lowest BCUT2D eigenvalue weighted by Gasteiger charge is -2.34. The molecule has 0 aliphatic carbocycles. The third kappa shape index (κ3) is 3.82. The number of anilines is 1. The van der Waals surface area contributed by atoms with Gasteiger partial charge in [-0.1, -0.05) is 6.42 Å². The lowest BCUT2D eigenvalue weighted by molar-refractivity contribution is 0.0901. The number of piperidine rings is 1. The monoisotopic (exact) mass is 329 g/mol. The maximum absolute atomic E-state index is 9.49. The summed E-state index contributed by atoms with van der Waals surface area (Å²) < 4.78 is 0. The molecule has 6 heteroatoms. The van der Waals surface area contributed by atoms with Crippen LogP contribution in [0.3, 0.4) is 0 Å². The zero-order valence-electron chi connectivity index (χ0n) is 14.6. The number of pyridine rings is 1. The highest BCUT2D eigenvalue weighted by Crippen LogP contribution is 2.22. The number of aromatic nitrogens is 3. The van der Waals surface area contributed by atoms with Gasteiger partial charge in [0, 0.05) is 24.8 Å². The Labute approximate surface area is 143 Å². The van der Waals surface area contributed by atoms with Gasteiger partial charge in [0.05, 0.1) is 12.0 Å². The molecule has 1 saturated heterocycles. The Morgan fingerprint density at radius 1 is 1.29 bits per heavy atom. The highest BCUT2D eigenvalue weighted by molar-refractivity contribution is 5.89. The number of hydrogen-bond donors (Lipinski definition) is 2. The second kappa shape index (κ2) is 7.85. The molecule has 0 bridgehead atoms. The zero-order valence-corrected chi connectivity index (χ0v) is 14.6. The predicted octanol–water partition coefficient (Wildman–Crippen LogP) is 2.29. The van der Waals surface area contributed by atoms with E-state index in [0.717, 1.165) is 60.6 Å². The Hall–Kier alpha value is -1.79. The topological polar surface area (TPSA) is 74.2 Å². The molecule has 0 radical (unpaired) electrons. The van der Waals surface area contributed by atoms with Crippen LogP contribution >= 0.6 is 0 Å². The first kappa shape index (κ1) is 17.0. The van der Waals surface area contributed by atoms with Crippen molar-refractivity contribution in [2.45, 2.75) is 45.6 Å². The summed E-state index contributed by atoms with van der Waals surface area (Å²) in [6, 6.07) is 2.41. The summed E-state index contributed by atoms with van der Waals surface area (Å²) in [5, 5.41) is 13.9. The molecular weight excluding hydrogens is 302 g/mol. The van der Waals surface area contributed by atoms with Gasteiger partial charge in [0.25, 0.3) is 0 Å². The number of nitrogens with zero attached hydrogens (tertiary/aromatic N) is 4. The summed E-state index contributed by atoms with van der Waals surface area (Å²) in [5.74, 6) is 0.863. The van der Waals surface area contributed by atoms with Gasteiger partial charge in [-0.15, -0.1) is 0 Å². The van der Waals surface area contributed by atoms with E-state index >= 15 is 0 Å². The fourth-order valence-corrected chi connectivity index (χ4v) is 3.59. The van der Waals surface area contributed by atoms with Gasteiger partial charge in [-0.3, -0.25) is 4.90 Å². The molecule has 6 nitrogen and oxygen atoms in total. The van der Waals surface area contributed by atoms with Crippen molar-refractivity contribution in [3.05, 3.63) is 23.7 Å². The van der Waals surface area contributed by atoms with Crippen LogP contribution in [0.15, 0.2) is 12.4 Å². The van der Waals surface area contributed by atoms with Gasteiger partial charge in [-0.05, 0) is 51.3 Å². The number of aryl methyl sites for hydroxylation is 2. The van der Waals surface area contributed by atoms with Crippen molar-refractivity contribution in [1.82, 2.24) is 19.9 Å². The molecule has 0 unspecified atom stereocenters. The largest absolute Gasteiger partial charge is 0.395 e. The zero-order chi connectivity index (χ0) is 16.9. The molecule has 1 aliphatic heterocycles. The number of fused-ring (bicyclic) bond motifs is 1. The number of rotatable bonds is 6. The van der Waals surface area contributed by atoms with Crippen LogP contribution in [0.2, 0.25) is 0 Å². The summed E-state index contributed by atoms with van der Waals surface area (Å²) in [7, 11) is 0.